The molecule has 0 saturated carbocycles. The van der Waals surface area contributed by atoms with Gasteiger partial charge < -0.3 is 4.90 Å². The monoisotopic (exact) mass is 347 g/mol. The molecular formula is C22H27N4+. The smallest absolute Gasteiger partial charge is 0.304 e. The predicted molar refractivity (Wildman–Crippen MR) is 107 cm³/mol. The Morgan fingerprint density at radius 1 is 0.962 bits per heavy atom. The van der Waals surface area contributed by atoms with Crippen LogP contribution in [0.4, 0.5) is 0 Å². The van der Waals surface area contributed by atoms with Crippen molar-refractivity contribution in [2.45, 2.75) is 26.8 Å². The summed E-state index contributed by atoms with van der Waals surface area (Å²) in [5.74, 6) is 1.16. The second kappa shape index (κ2) is 7.34. The second-order valence-electron chi connectivity index (χ2n) is 6.75. The highest BCUT2D eigenvalue weighted by molar-refractivity contribution is 5.74. The third-order valence-corrected chi connectivity index (χ3v) is 5.26. The summed E-state index contributed by atoms with van der Waals surface area (Å²) in [7, 11) is 0. The molecule has 2 aromatic heterocycles. The van der Waals surface area contributed by atoms with E-state index in [0.29, 0.717) is 0 Å². The largest absolute Gasteiger partial charge is 0.368 e. The first-order chi connectivity index (χ1) is 12.8. The molecule has 0 amide bonds. The molecule has 4 rings (SSSR count). The molecule has 2 aromatic carbocycles. The molecule has 0 saturated heterocycles. The third kappa shape index (κ3) is 3.01. The molecule has 2 heterocycles. The van der Waals surface area contributed by atoms with Crippen LogP contribution in [0.1, 0.15) is 20.3 Å². The van der Waals surface area contributed by atoms with Crippen LogP contribution in [-0.2, 0) is 6.54 Å². The van der Waals surface area contributed by atoms with Crippen molar-refractivity contribution in [2.75, 3.05) is 19.6 Å². The lowest BCUT2D eigenvalue weighted by atomic mass is 10.1. The zero-order valence-electron chi connectivity index (χ0n) is 15.7. The molecule has 0 fully saturated rings. The Bertz CT molecular complexity index is 993. The molecule has 0 spiro atoms. The Hall–Kier alpha value is -2.59. The van der Waals surface area contributed by atoms with Crippen molar-refractivity contribution in [2.24, 2.45) is 0 Å². The molecule has 1 N–H and O–H groups in total. The number of nitrogens with one attached hydrogen (secondary N) is 1. The van der Waals surface area contributed by atoms with Crippen molar-refractivity contribution in [3.8, 4) is 11.3 Å². The van der Waals surface area contributed by atoms with Crippen LogP contribution in [0.3, 0.4) is 0 Å². The fourth-order valence-corrected chi connectivity index (χ4v) is 3.78. The van der Waals surface area contributed by atoms with Crippen molar-refractivity contribution in [1.29, 1.82) is 0 Å². The van der Waals surface area contributed by atoms with Crippen molar-refractivity contribution >= 4 is 16.8 Å². The summed E-state index contributed by atoms with van der Waals surface area (Å²) in [4.78, 5) is 6.10. The van der Waals surface area contributed by atoms with Gasteiger partial charge in [0.05, 0.1) is 6.54 Å². The number of rotatable bonds is 7. The number of aromatic amines is 1. The van der Waals surface area contributed by atoms with E-state index in [1.54, 1.807) is 0 Å². The first-order valence-corrected chi connectivity index (χ1v) is 9.61. The van der Waals surface area contributed by atoms with Gasteiger partial charge in [0.2, 0.25) is 0 Å². The van der Waals surface area contributed by atoms with Gasteiger partial charge >= 0.3 is 5.78 Å². The van der Waals surface area contributed by atoms with Gasteiger partial charge in [-0.3, -0.25) is 0 Å². The van der Waals surface area contributed by atoms with Crippen LogP contribution in [0.25, 0.3) is 28.1 Å². The van der Waals surface area contributed by atoms with Gasteiger partial charge in [-0.25, -0.2) is 9.55 Å². The Labute approximate surface area is 154 Å². The third-order valence-electron chi connectivity index (χ3n) is 5.26. The van der Waals surface area contributed by atoms with Gasteiger partial charge in [0, 0.05) is 12.1 Å². The lowest BCUT2D eigenvalue weighted by molar-refractivity contribution is -0.479. The highest BCUT2D eigenvalue weighted by Crippen LogP contribution is 2.22. The van der Waals surface area contributed by atoms with E-state index < -0.39 is 0 Å². The highest BCUT2D eigenvalue weighted by Gasteiger charge is 2.21. The van der Waals surface area contributed by atoms with Gasteiger partial charge in [-0.2, -0.15) is 4.40 Å². The Morgan fingerprint density at radius 3 is 2.46 bits per heavy atom. The molecule has 134 valence electrons. The summed E-state index contributed by atoms with van der Waals surface area (Å²) in [6.45, 7) is 8.84. The molecule has 0 unspecified atom stereocenters. The van der Waals surface area contributed by atoms with Crippen LogP contribution in [-0.4, -0.2) is 34.1 Å². The number of para-hydroxylation sites is 2. The second-order valence-corrected chi connectivity index (χ2v) is 6.75. The van der Waals surface area contributed by atoms with Crippen molar-refractivity contribution in [1.82, 2.24) is 14.5 Å². The molecule has 0 radical (unpaired) electrons. The molecule has 0 aliphatic heterocycles. The summed E-state index contributed by atoms with van der Waals surface area (Å²) in [5, 5.41) is 0. The lowest BCUT2D eigenvalue weighted by Crippen LogP contribution is -2.25. The molecular weight excluding hydrogens is 320 g/mol. The molecule has 4 aromatic rings. The molecule has 0 aliphatic rings. The number of hydrogen-bond donors (Lipinski definition) is 1. The molecule has 0 bridgehead atoms. The maximum Gasteiger partial charge on any atom is 0.368 e. The van der Waals surface area contributed by atoms with E-state index in [1.165, 1.54) is 22.3 Å². The van der Waals surface area contributed by atoms with E-state index in [1.807, 2.05) is 0 Å². The average molecular weight is 347 g/mol. The zero-order valence-corrected chi connectivity index (χ0v) is 15.7. The van der Waals surface area contributed by atoms with Crippen molar-refractivity contribution in [3.63, 3.8) is 0 Å². The molecule has 4 heteroatoms. The van der Waals surface area contributed by atoms with Crippen LogP contribution in [0.2, 0.25) is 0 Å². The van der Waals surface area contributed by atoms with Crippen LogP contribution in [0.15, 0.2) is 60.8 Å². The van der Waals surface area contributed by atoms with E-state index in [-0.39, 0.29) is 0 Å². The zero-order chi connectivity index (χ0) is 17.9. The minimum Gasteiger partial charge on any atom is -0.304 e. The topological polar surface area (TPSA) is 28.1 Å². The van der Waals surface area contributed by atoms with Gasteiger partial charge in [0.1, 0.15) is 22.9 Å². The summed E-state index contributed by atoms with van der Waals surface area (Å²) in [5.41, 5.74) is 4.93. The number of nitrogens with zero attached hydrogens (tertiary/aromatic N) is 3. The quantitative estimate of drug-likeness (QED) is 0.501. The van der Waals surface area contributed by atoms with Crippen LogP contribution in [0, 0.1) is 0 Å². The fourth-order valence-electron chi connectivity index (χ4n) is 3.78. The van der Waals surface area contributed by atoms with Gasteiger partial charge in [-0.15, -0.1) is 0 Å². The maximum atomic E-state index is 3.62. The number of aryl methyl sites for hydroxylation is 1. The number of imidazole rings is 2. The standard InChI is InChI=1S/C22H26N4/c1-3-24(4-2)15-10-16-25-21(18-11-6-5-7-12-18)17-26-20-14-9-8-13-19(20)23-22(25)26/h5-9,11-14,17H,3-4,10,15-16H2,1-2H3/p+1. The van der Waals surface area contributed by atoms with Gasteiger partial charge in [-0.1, -0.05) is 56.3 Å². The van der Waals surface area contributed by atoms with E-state index in [2.05, 4.69) is 93.5 Å². The van der Waals surface area contributed by atoms with Crippen molar-refractivity contribution < 1.29 is 4.40 Å². The molecule has 4 nitrogen and oxygen atoms in total. The number of fused-ring (bicyclic) bond motifs is 3. The molecule has 26 heavy (non-hydrogen) atoms. The Morgan fingerprint density at radius 2 is 1.69 bits per heavy atom. The maximum absolute atomic E-state index is 3.62. The normalized spacial score (nSPS) is 11.8. The minimum absolute atomic E-state index is 1.00. The number of benzene rings is 2. The number of H-pyrrole nitrogens is 1. The van der Waals surface area contributed by atoms with E-state index in [9.17, 15) is 0 Å². The van der Waals surface area contributed by atoms with Crippen LogP contribution in [0.5, 0.6) is 0 Å². The van der Waals surface area contributed by atoms with Gasteiger partial charge in [0.25, 0.3) is 0 Å². The fraction of sp³-hybridized carbons (Fsp3) is 0.318. The summed E-state index contributed by atoms with van der Waals surface area (Å²) >= 11 is 0. The first-order valence-electron chi connectivity index (χ1n) is 9.61. The lowest BCUT2D eigenvalue weighted by Gasteiger charge is -2.17. The molecule has 0 atom stereocenters. The van der Waals surface area contributed by atoms with E-state index in [4.69, 9.17) is 0 Å². The van der Waals surface area contributed by atoms with Crippen LogP contribution >= 0.6 is 0 Å². The average Bonchev–Trinajstić information content (AvgIpc) is 3.22. The van der Waals surface area contributed by atoms with E-state index >= 15 is 0 Å². The van der Waals surface area contributed by atoms with Crippen molar-refractivity contribution in [3.05, 3.63) is 60.8 Å². The summed E-state index contributed by atoms with van der Waals surface area (Å²) in [6.07, 6.45) is 3.40. The Kier molecular flexibility index (Phi) is 4.76. The highest BCUT2D eigenvalue weighted by atomic mass is 15.2. The van der Waals surface area contributed by atoms with Crippen LogP contribution < -0.4 is 4.40 Å². The number of aromatic nitrogens is 3. The minimum atomic E-state index is 1.00. The van der Waals surface area contributed by atoms with Gasteiger partial charge in [0.15, 0.2) is 0 Å². The number of hydrogen-bond acceptors (Lipinski definition) is 1. The first kappa shape index (κ1) is 16.9. The Balaban J connectivity index is 1.76. The molecule has 0 aliphatic carbocycles. The summed E-state index contributed by atoms with van der Waals surface area (Å²) in [6, 6.07) is 19.2. The van der Waals surface area contributed by atoms with E-state index in [0.717, 1.165) is 38.4 Å². The SMILES string of the molecule is CCN(CC)CCCn1c(-c2ccccc2)c[n+]2c3ccccc3[nH]c12. The van der Waals surface area contributed by atoms with Gasteiger partial charge in [-0.05, 0) is 31.6 Å². The predicted octanol–water partition coefficient (Wildman–Crippen LogP) is 4.11. The summed E-state index contributed by atoms with van der Waals surface area (Å²) < 4.78 is 4.72.